The lowest BCUT2D eigenvalue weighted by Gasteiger charge is -2.34. The second-order valence-electron chi connectivity index (χ2n) is 5.86. The van der Waals surface area contributed by atoms with E-state index in [1.807, 2.05) is 24.4 Å². The van der Waals surface area contributed by atoms with Crippen molar-refractivity contribution < 1.29 is 4.79 Å². The van der Waals surface area contributed by atoms with Crippen LogP contribution < -0.4 is 15.5 Å². The molecule has 1 aliphatic rings. The maximum absolute atomic E-state index is 11.9. The molecule has 1 saturated heterocycles. The summed E-state index contributed by atoms with van der Waals surface area (Å²) in [5.74, 6) is 0. The molecule has 1 fully saturated rings. The largest absolute Gasteiger partial charge is 0.354 e. The van der Waals surface area contributed by atoms with Crippen LogP contribution in [0, 0.1) is 0 Å². The van der Waals surface area contributed by atoms with Crippen molar-refractivity contribution in [3.8, 4) is 0 Å². The molecule has 1 aliphatic heterocycles. The summed E-state index contributed by atoms with van der Waals surface area (Å²) in [5.41, 5.74) is 0.900. The molecule has 0 bridgehead atoms. The normalized spacial score (nSPS) is 19.0. The van der Waals surface area contributed by atoms with Crippen LogP contribution in [0.4, 0.5) is 9.93 Å². The predicted octanol–water partition coefficient (Wildman–Crippen LogP) is 1.88. The second-order valence-corrected chi connectivity index (χ2v) is 6.69. The van der Waals surface area contributed by atoms with E-state index >= 15 is 0 Å². The van der Waals surface area contributed by atoms with Crippen LogP contribution >= 0.6 is 11.3 Å². The van der Waals surface area contributed by atoms with Gasteiger partial charge in [-0.15, -0.1) is 11.3 Å². The first-order valence-electron chi connectivity index (χ1n) is 7.97. The van der Waals surface area contributed by atoms with Crippen LogP contribution in [0.15, 0.2) is 5.38 Å². The van der Waals surface area contributed by atoms with Crippen molar-refractivity contribution in [2.45, 2.75) is 38.8 Å². The Morgan fingerprint density at radius 2 is 2.27 bits per heavy atom. The number of carbonyl (C=O) groups is 1. The number of aromatic nitrogens is 1. The molecule has 0 aromatic carbocycles. The van der Waals surface area contributed by atoms with Gasteiger partial charge in [0.2, 0.25) is 0 Å². The lowest BCUT2D eigenvalue weighted by atomic mass is 10.0. The lowest BCUT2D eigenvalue weighted by Crippen LogP contribution is -2.48. The van der Waals surface area contributed by atoms with Gasteiger partial charge in [0.15, 0.2) is 5.13 Å². The zero-order chi connectivity index (χ0) is 15.9. The van der Waals surface area contributed by atoms with Gasteiger partial charge in [-0.05, 0) is 25.9 Å². The third-order valence-electron chi connectivity index (χ3n) is 4.01. The van der Waals surface area contributed by atoms with Crippen molar-refractivity contribution in [3.63, 3.8) is 0 Å². The van der Waals surface area contributed by atoms with Crippen molar-refractivity contribution >= 4 is 22.5 Å². The van der Waals surface area contributed by atoms with E-state index in [0.29, 0.717) is 12.6 Å². The van der Waals surface area contributed by atoms with E-state index < -0.39 is 0 Å². The third kappa shape index (κ3) is 4.84. The zero-order valence-corrected chi connectivity index (χ0v) is 14.6. The molecule has 2 amide bonds. The number of hydrogen-bond donors (Lipinski definition) is 2. The lowest BCUT2D eigenvalue weighted by molar-refractivity contribution is 0.153. The molecule has 1 aromatic heterocycles. The fourth-order valence-electron chi connectivity index (χ4n) is 2.73. The average molecular weight is 325 g/mol. The fourth-order valence-corrected chi connectivity index (χ4v) is 3.49. The van der Waals surface area contributed by atoms with Gasteiger partial charge in [0.25, 0.3) is 0 Å². The van der Waals surface area contributed by atoms with Crippen molar-refractivity contribution in [1.82, 2.24) is 20.5 Å². The summed E-state index contributed by atoms with van der Waals surface area (Å²) in [6.45, 7) is 5.58. The van der Waals surface area contributed by atoms with E-state index in [0.717, 1.165) is 30.5 Å². The van der Waals surface area contributed by atoms with Crippen molar-refractivity contribution in [2.24, 2.45) is 0 Å². The third-order valence-corrected chi connectivity index (χ3v) is 5.06. The zero-order valence-electron chi connectivity index (χ0n) is 13.8. The Bertz CT molecular complexity index is 476. The highest BCUT2D eigenvalue weighted by Gasteiger charge is 2.21. The Kier molecular flexibility index (Phi) is 6.45. The molecule has 1 atom stereocenters. The quantitative estimate of drug-likeness (QED) is 0.838. The number of anilines is 1. The van der Waals surface area contributed by atoms with Crippen LogP contribution in [-0.2, 0) is 6.54 Å². The molecule has 6 nitrogen and oxygen atoms in total. The Morgan fingerprint density at radius 3 is 2.95 bits per heavy atom. The smallest absolute Gasteiger partial charge is 0.315 e. The fraction of sp³-hybridized carbons (Fsp3) is 0.733. The van der Waals surface area contributed by atoms with Gasteiger partial charge in [0.1, 0.15) is 0 Å². The molecule has 0 spiro atoms. The Labute approximate surface area is 136 Å². The highest BCUT2D eigenvalue weighted by molar-refractivity contribution is 7.13. The molecule has 1 aromatic rings. The van der Waals surface area contributed by atoms with Crippen molar-refractivity contribution in [2.75, 3.05) is 38.6 Å². The first-order valence-corrected chi connectivity index (χ1v) is 8.85. The maximum Gasteiger partial charge on any atom is 0.315 e. The van der Waals surface area contributed by atoms with Crippen LogP contribution in [0.5, 0.6) is 0 Å². The summed E-state index contributed by atoms with van der Waals surface area (Å²) >= 11 is 1.59. The van der Waals surface area contributed by atoms with Gasteiger partial charge in [0, 0.05) is 32.1 Å². The average Bonchev–Trinajstić information content (AvgIpc) is 3.00. The minimum Gasteiger partial charge on any atom is -0.354 e. The molecular weight excluding hydrogens is 298 g/mol. The van der Waals surface area contributed by atoms with Crippen LogP contribution in [0.25, 0.3) is 0 Å². The first-order chi connectivity index (χ1) is 10.6. The molecule has 7 heteroatoms. The molecule has 124 valence electrons. The second kappa shape index (κ2) is 8.33. The number of rotatable bonds is 6. The summed E-state index contributed by atoms with van der Waals surface area (Å²) in [6.07, 6.45) is 3.71. The van der Waals surface area contributed by atoms with Gasteiger partial charge in [-0.2, -0.15) is 0 Å². The number of amides is 2. The number of carbonyl (C=O) groups excluding carboxylic acids is 1. The van der Waals surface area contributed by atoms with E-state index in [-0.39, 0.29) is 6.03 Å². The van der Waals surface area contributed by atoms with Gasteiger partial charge in [-0.25, -0.2) is 9.78 Å². The van der Waals surface area contributed by atoms with Gasteiger partial charge in [-0.3, -0.25) is 4.90 Å². The Morgan fingerprint density at radius 1 is 1.45 bits per heavy atom. The number of urea groups is 1. The number of likely N-dealkylation sites (N-methyl/N-ethyl adjacent to an activating group) is 1. The van der Waals surface area contributed by atoms with Gasteiger partial charge < -0.3 is 15.5 Å². The number of nitrogens with zero attached hydrogens (tertiary/aromatic N) is 3. The summed E-state index contributed by atoms with van der Waals surface area (Å²) in [5, 5.41) is 8.81. The van der Waals surface area contributed by atoms with Crippen LogP contribution in [0.1, 0.15) is 31.9 Å². The van der Waals surface area contributed by atoms with Crippen molar-refractivity contribution in [1.29, 1.82) is 0 Å². The number of nitrogens with one attached hydrogen (secondary N) is 2. The van der Waals surface area contributed by atoms with E-state index in [1.54, 1.807) is 11.3 Å². The molecule has 0 radical (unpaired) electrons. The van der Waals surface area contributed by atoms with E-state index in [1.165, 1.54) is 19.3 Å². The molecule has 22 heavy (non-hydrogen) atoms. The maximum atomic E-state index is 11.9. The monoisotopic (exact) mass is 325 g/mol. The van der Waals surface area contributed by atoms with Crippen LogP contribution in [-0.4, -0.2) is 55.7 Å². The van der Waals surface area contributed by atoms with E-state index in [4.69, 9.17) is 0 Å². The minimum atomic E-state index is -0.110. The Balaban J connectivity index is 1.71. The number of likely N-dealkylation sites (tertiary alicyclic amines) is 1. The predicted molar refractivity (Wildman–Crippen MR) is 91.6 cm³/mol. The SMILES string of the molecule is CCN1CCCC[C@H]1CNC(=O)NCc1csc(N(C)C)n1. The summed E-state index contributed by atoms with van der Waals surface area (Å²) in [7, 11) is 3.93. The van der Waals surface area contributed by atoms with E-state index in [9.17, 15) is 4.79 Å². The van der Waals surface area contributed by atoms with E-state index in [2.05, 4.69) is 27.4 Å². The van der Waals surface area contributed by atoms with Gasteiger partial charge in [0.05, 0.1) is 12.2 Å². The molecule has 0 saturated carbocycles. The highest BCUT2D eigenvalue weighted by Crippen LogP contribution is 2.17. The molecule has 0 unspecified atom stereocenters. The van der Waals surface area contributed by atoms with Gasteiger partial charge in [-0.1, -0.05) is 13.3 Å². The first kappa shape index (κ1) is 17.0. The highest BCUT2D eigenvalue weighted by atomic mass is 32.1. The number of hydrogen-bond acceptors (Lipinski definition) is 5. The summed E-state index contributed by atoms with van der Waals surface area (Å²) in [4.78, 5) is 20.8. The van der Waals surface area contributed by atoms with Crippen LogP contribution in [0.3, 0.4) is 0 Å². The molecular formula is C15H27N5OS. The molecule has 2 heterocycles. The summed E-state index contributed by atoms with van der Waals surface area (Å²) < 4.78 is 0. The topological polar surface area (TPSA) is 60.5 Å². The minimum absolute atomic E-state index is 0.110. The molecule has 0 aliphatic carbocycles. The van der Waals surface area contributed by atoms with Crippen LogP contribution in [0.2, 0.25) is 0 Å². The molecule has 2 N–H and O–H groups in total. The number of thiazole rings is 1. The standard InChI is InChI=1S/C15H27N5OS/c1-4-20-8-6-5-7-13(20)10-17-14(21)16-9-12-11-22-15(18-12)19(2)3/h11,13H,4-10H2,1-3H3,(H2,16,17,21)/t13-/m0/s1. The van der Waals surface area contributed by atoms with Gasteiger partial charge >= 0.3 is 6.03 Å². The summed E-state index contributed by atoms with van der Waals surface area (Å²) in [6, 6.07) is 0.366. The van der Waals surface area contributed by atoms with Crippen molar-refractivity contribution in [3.05, 3.63) is 11.1 Å². The Hall–Kier alpha value is -1.34. The molecule has 2 rings (SSSR count). The number of piperidine rings is 1.